The first-order valence-electron chi connectivity index (χ1n) is 8.30. The molecule has 0 spiro atoms. The van der Waals surface area contributed by atoms with Gasteiger partial charge in [-0.05, 0) is 24.3 Å². The van der Waals surface area contributed by atoms with Crippen molar-refractivity contribution >= 4 is 41.0 Å². The van der Waals surface area contributed by atoms with Crippen molar-refractivity contribution in [1.29, 1.82) is 0 Å². The molecule has 3 amide bonds. The Hall–Kier alpha value is -3.99. The first-order chi connectivity index (χ1) is 14.3. The van der Waals surface area contributed by atoms with E-state index in [0.29, 0.717) is 5.56 Å². The number of hydrogen-bond acceptors (Lipinski definition) is 7. The van der Waals surface area contributed by atoms with Gasteiger partial charge in [0.2, 0.25) is 0 Å². The van der Waals surface area contributed by atoms with Gasteiger partial charge in [-0.15, -0.1) is 0 Å². The smallest absolute Gasteiger partial charge is 0.325 e. The maximum atomic E-state index is 12.0. The average Bonchev–Trinajstić information content (AvgIpc) is 2.74. The maximum Gasteiger partial charge on any atom is 0.325 e. The van der Waals surface area contributed by atoms with Crippen molar-refractivity contribution in [3.05, 3.63) is 74.8 Å². The second-order valence-electron chi connectivity index (χ2n) is 5.63. The number of nitro groups is 1. The van der Waals surface area contributed by atoms with Crippen LogP contribution in [0, 0.1) is 10.1 Å². The number of hydrazine groups is 1. The van der Waals surface area contributed by atoms with Crippen LogP contribution in [0.1, 0.15) is 20.7 Å². The van der Waals surface area contributed by atoms with Crippen molar-refractivity contribution in [2.75, 3.05) is 13.2 Å². The van der Waals surface area contributed by atoms with Gasteiger partial charge in [-0.2, -0.15) is 0 Å². The molecule has 2 aromatic rings. The number of nitrogens with one attached hydrogen (secondary N) is 3. The fraction of sp³-hybridized carbons (Fsp3) is 0.111. The molecule has 156 valence electrons. The number of rotatable bonds is 7. The molecule has 11 nitrogen and oxygen atoms in total. The zero-order valence-corrected chi connectivity index (χ0v) is 16.0. The van der Waals surface area contributed by atoms with Crippen LogP contribution >= 0.6 is 11.6 Å². The molecule has 30 heavy (non-hydrogen) atoms. The minimum atomic E-state index is -0.934. The molecule has 2 aromatic carbocycles. The van der Waals surface area contributed by atoms with Crippen molar-refractivity contribution in [1.82, 2.24) is 16.2 Å². The van der Waals surface area contributed by atoms with Gasteiger partial charge >= 0.3 is 5.97 Å². The lowest BCUT2D eigenvalue weighted by molar-refractivity contribution is -0.384. The van der Waals surface area contributed by atoms with E-state index in [1.54, 1.807) is 30.3 Å². The molecule has 0 atom stereocenters. The highest BCUT2D eigenvalue weighted by molar-refractivity contribution is 6.32. The molecule has 0 aliphatic carbocycles. The number of nitrogens with zero attached hydrogens (tertiary/aromatic N) is 1. The van der Waals surface area contributed by atoms with Gasteiger partial charge in [0.25, 0.3) is 23.4 Å². The summed E-state index contributed by atoms with van der Waals surface area (Å²) in [6.07, 6.45) is 0. The number of carbonyl (C=O) groups excluding carboxylic acids is 4. The predicted molar refractivity (Wildman–Crippen MR) is 103 cm³/mol. The molecule has 2 rings (SSSR count). The third-order valence-electron chi connectivity index (χ3n) is 3.51. The summed E-state index contributed by atoms with van der Waals surface area (Å²) in [5.41, 5.74) is 4.00. The number of nitro benzene ring substituents is 1. The lowest BCUT2D eigenvalue weighted by atomic mass is 10.2. The second-order valence-corrected chi connectivity index (χ2v) is 6.04. The minimum Gasteiger partial charge on any atom is -0.454 e. The largest absolute Gasteiger partial charge is 0.454 e. The highest BCUT2D eigenvalue weighted by atomic mass is 35.5. The molecule has 0 radical (unpaired) electrons. The van der Waals surface area contributed by atoms with E-state index in [4.69, 9.17) is 11.6 Å². The van der Waals surface area contributed by atoms with Crippen LogP contribution < -0.4 is 16.2 Å². The highest BCUT2D eigenvalue weighted by Crippen LogP contribution is 2.24. The summed E-state index contributed by atoms with van der Waals surface area (Å²) in [7, 11) is 0. The first-order valence-corrected chi connectivity index (χ1v) is 8.67. The maximum absolute atomic E-state index is 12.0. The van der Waals surface area contributed by atoms with Crippen LogP contribution in [-0.4, -0.2) is 41.8 Å². The molecule has 0 bridgehead atoms. The van der Waals surface area contributed by atoms with Crippen LogP contribution in [0.5, 0.6) is 0 Å². The zero-order chi connectivity index (χ0) is 22.1. The number of ether oxygens (including phenoxy) is 1. The van der Waals surface area contributed by atoms with E-state index in [0.717, 1.165) is 6.07 Å². The standard InChI is InChI=1S/C18H15ClN4O7/c19-13-7-6-12(8-14(13)23(28)29)17(26)20-9-16(25)30-10-15(24)21-22-18(27)11-4-2-1-3-5-11/h1-8H,9-10H2,(H,20,26)(H,21,24)(H,22,27). The Bertz CT molecular complexity index is 982. The van der Waals surface area contributed by atoms with E-state index >= 15 is 0 Å². The van der Waals surface area contributed by atoms with Gasteiger partial charge in [0.15, 0.2) is 6.61 Å². The summed E-state index contributed by atoms with van der Waals surface area (Å²) in [5.74, 6) is -3.06. The Morgan fingerprint density at radius 2 is 1.67 bits per heavy atom. The summed E-state index contributed by atoms with van der Waals surface area (Å²) in [6, 6.07) is 11.5. The molecule has 0 aliphatic heterocycles. The Morgan fingerprint density at radius 3 is 2.33 bits per heavy atom. The van der Waals surface area contributed by atoms with Crippen molar-refractivity contribution in [3.63, 3.8) is 0 Å². The normalized spacial score (nSPS) is 9.90. The number of benzene rings is 2. The van der Waals surface area contributed by atoms with Gasteiger partial charge in [0.05, 0.1) is 4.92 Å². The monoisotopic (exact) mass is 434 g/mol. The Labute approximate surface area is 174 Å². The fourth-order valence-corrected chi connectivity index (χ4v) is 2.26. The molecule has 0 unspecified atom stereocenters. The third kappa shape index (κ3) is 6.56. The molecular formula is C18H15ClN4O7. The molecule has 0 aliphatic rings. The number of hydrogen-bond donors (Lipinski definition) is 3. The fourth-order valence-electron chi connectivity index (χ4n) is 2.07. The van der Waals surface area contributed by atoms with E-state index < -0.39 is 47.5 Å². The Balaban J connectivity index is 1.73. The van der Waals surface area contributed by atoms with Crippen molar-refractivity contribution < 1.29 is 28.8 Å². The van der Waals surface area contributed by atoms with Crippen LogP contribution in [0.4, 0.5) is 5.69 Å². The van der Waals surface area contributed by atoms with Gasteiger partial charge in [-0.25, -0.2) is 0 Å². The molecule has 0 saturated heterocycles. The molecule has 0 aromatic heterocycles. The molecular weight excluding hydrogens is 420 g/mol. The van der Waals surface area contributed by atoms with Crippen LogP contribution in [-0.2, 0) is 14.3 Å². The van der Waals surface area contributed by atoms with E-state index in [2.05, 4.69) is 20.9 Å². The van der Waals surface area contributed by atoms with Gasteiger partial charge < -0.3 is 10.1 Å². The van der Waals surface area contributed by atoms with Crippen LogP contribution in [0.15, 0.2) is 48.5 Å². The number of amides is 3. The number of halogens is 1. The lowest BCUT2D eigenvalue weighted by Crippen LogP contribution is -2.44. The highest BCUT2D eigenvalue weighted by Gasteiger charge is 2.17. The zero-order valence-electron chi connectivity index (χ0n) is 15.2. The van der Waals surface area contributed by atoms with Crippen molar-refractivity contribution in [2.24, 2.45) is 0 Å². The van der Waals surface area contributed by atoms with Gasteiger partial charge in [0.1, 0.15) is 11.6 Å². The summed E-state index contributed by atoms with van der Waals surface area (Å²) >= 11 is 5.66. The lowest BCUT2D eigenvalue weighted by Gasteiger charge is -2.09. The minimum absolute atomic E-state index is 0.0831. The molecule has 0 heterocycles. The van der Waals surface area contributed by atoms with Crippen LogP contribution in [0.3, 0.4) is 0 Å². The third-order valence-corrected chi connectivity index (χ3v) is 3.83. The van der Waals surface area contributed by atoms with E-state index in [1.165, 1.54) is 12.1 Å². The molecule has 12 heteroatoms. The van der Waals surface area contributed by atoms with Crippen molar-refractivity contribution in [2.45, 2.75) is 0 Å². The quantitative estimate of drug-likeness (QED) is 0.333. The Morgan fingerprint density at radius 1 is 0.967 bits per heavy atom. The van der Waals surface area contributed by atoms with Gasteiger partial charge in [-0.1, -0.05) is 29.8 Å². The molecule has 3 N–H and O–H groups in total. The van der Waals surface area contributed by atoms with E-state index in [9.17, 15) is 29.3 Å². The van der Waals surface area contributed by atoms with Gasteiger partial charge in [-0.3, -0.25) is 40.1 Å². The number of carbonyl (C=O) groups is 4. The molecule has 0 saturated carbocycles. The Kier molecular flexibility index (Phi) is 7.82. The number of esters is 1. The average molecular weight is 435 g/mol. The summed E-state index contributed by atoms with van der Waals surface area (Å²) in [6.45, 7) is -1.28. The molecule has 0 fully saturated rings. The SMILES string of the molecule is O=C(COC(=O)CNC(=O)c1ccc(Cl)c([N+](=O)[O-])c1)NNC(=O)c1ccccc1. The van der Waals surface area contributed by atoms with Gasteiger partial charge in [0, 0.05) is 17.2 Å². The topological polar surface area (TPSA) is 157 Å². The first kappa shape index (κ1) is 22.3. The van der Waals surface area contributed by atoms with E-state index in [-0.39, 0.29) is 10.6 Å². The van der Waals surface area contributed by atoms with Crippen LogP contribution in [0.25, 0.3) is 0 Å². The van der Waals surface area contributed by atoms with Crippen molar-refractivity contribution in [3.8, 4) is 0 Å². The second kappa shape index (κ2) is 10.5. The predicted octanol–water partition coefficient (Wildman–Crippen LogP) is 0.982. The summed E-state index contributed by atoms with van der Waals surface area (Å²) in [4.78, 5) is 57.1. The van der Waals surface area contributed by atoms with Crippen LogP contribution in [0.2, 0.25) is 5.02 Å². The summed E-state index contributed by atoms with van der Waals surface area (Å²) in [5, 5.41) is 12.9. The van der Waals surface area contributed by atoms with E-state index in [1.807, 2.05) is 0 Å². The summed E-state index contributed by atoms with van der Waals surface area (Å²) < 4.78 is 4.66.